The Bertz CT molecular complexity index is 1090. The second kappa shape index (κ2) is 8.04. The van der Waals surface area contributed by atoms with Crippen molar-refractivity contribution in [2.75, 3.05) is 7.11 Å². The lowest BCUT2D eigenvalue weighted by Crippen LogP contribution is -2.51. The van der Waals surface area contributed by atoms with Crippen molar-refractivity contribution in [2.45, 2.75) is 83.8 Å². The summed E-state index contributed by atoms with van der Waals surface area (Å²) in [6, 6.07) is 5.73. The zero-order chi connectivity index (χ0) is 23.7. The minimum atomic E-state index is -0.460. The highest BCUT2D eigenvalue weighted by Crippen LogP contribution is 2.64. The van der Waals surface area contributed by atoms with Gasteiger partial charge in [0.1, 0.15) is 17.8 Å². The molecule has 4 aliphatic rings. The van der Waals surface area contributed by atoms with Gasteiger partial charge in [-0.05, 0) is 112 Å². The summed E-state index contributed by atoms with van der Waals surface area (Å²) in [7, 11) is 1.64. The van der Waals surface area contributed by atoms with Gasteiger partial charge in [0.2, 0.25) is 0 Å². The lowest BCUT2D eigenvalue weighted by atomic mass is 9.49. The molecule has 6 nitrogen and oxygen atoms in total. The Morgan fingerprint density at radius 1 is 1.09 bits per heavy atom. The molecule has 1 N–H and O–H groups in total. The first-order valence-corrected chi connectivity index (χ1v) is 13.4. The van der Waals surface area contributed by atoms with Crippen LogP contribution in [-0.2, 0) is 11.3 Å². The molecule has 4 aliphatic carbocycles. The number of ketones is 1. The summed E-state index contributed by atoms with van der Waals surface area (Å²) in [5.41, 5.74) is 1.32. The second-order valence-electron chi connectivity index (χ2n) is 12.4. The number of Topliss-reactive ketones (excluding diaryl/α,β-unsaturated/α-hetero) is 1. The highest BCUT2D eigenvalue weighted by atomic mass is 16.5. The Balaban J connectivity index is 1.19. The first-order chi connectivity index (χ1) is 16.3. The fourth-order valence-corrected chi connectivity index (χ4v) is 9.06. The third kappa shape index (κ3) is 3.51. The first kappa shape index (κ1) is 22.5. The summed E-state index contributed by atoms with van der Waals surface area (Å²) in [6.07, 6.45) is 10.3. The number of hydrogen-bond acceptors (Lipinski definition) is 5. The van der Waals surface area contributed by atoms with Gasteiger partial charge in [-0.2, -0.15) is 0 Å². The predicted molar refractivity (Wildman–Crippen MR) is 130 cm³/mol. The van der Waals surface area contributed by atoms with E-state index in [9.17, 15) is 9.90 Å². The number of aliphatic hydroxyl groups is 1. The molecule has 0 radical (unpaired) electrons. The molecule has 8 atom stereocenters. The Labute approximate surface area is 202 Å². The summed E-state index contributed by atoms with van der Waals surface area (Å²) in [5.74, 6) is 4.93. The van der Waals surface area contributed by atoms with E-state index in [0.29, 0.717) is 24.2 Å². The van der Waals surface area contributed by atoms with Gasteiger partial charge in [0, 0.05) is 12.0 Å². The number of carbonyl (C=O) groups excluding carboxylic acids is 1. The van der Waals surface area contributed by atoms with Crippen LogP contribution < -0.4 is 4.74 Å². The minimum absolute atomic E-state index is 0.116. The molecule has 6 heteroatoms. The van der Waals surface area contributed by atoms with Crippen molar-refractivity contribution in [2.24, 2.45) is 40.9 Å². The number of aromatic nitrogens is 3. The lowest BCUT2D eigenvalue weighted by molar-refractivity contribution is -0.133. The van der Waals surface area contributed by atoms with Crippen LogP contribution in [0.25, 0.3) is 11.0 Å². The van der Waals surface area contributed by atoms with Crippen LogP contribution in [0, 0.1) is 40.9 Å². The molecule has 184 valence electrons. The van der Waals surface area contributed by atoms with Crippen molar-refractivity contribution in [3.8, 4) is 5.75 Å². The van der Waals surface area contributed by atoms with Crippen LogP contribution >= 0.6 is 0 Å². The van der Waals surface area contributed by atoms with E-state index in [-0.39, 0.29) is 11.3 Å². The van der Waals surface area contributed by atoms with Gasteiger partial charge in [-0.15, -0.1) is 5.10 Å². The van der Waals surface area contributed by atoms with Crippen molar-refractivity contribution in [3.05, 3.63) is 18.2 Å². The summed E-state index contributed by atoms with van der Waals surface area (Å²) in [4.78, 5) is 13.7. The number of fused-ring (bicyclic) bond motifs is 6. The zero-order valence-corrected chi connectivity index (χ0v) is 20.9. The van der Waals surface area contributed by atoms with Crippen molar-refractivity contribution in [3.63, 3.8) is 0 Å². The van der Waals surface area contributed by atoms with E-state index < -0.39 is 5.60 Å². The molecule has 0 bridgehead atoms. The fourth-order valence-electron chi connectivity index (χ4n) is 9.06. The molecule has 1 aromatic heterocycles. The number of carbonyl (C=O) groups is 1. The fraction of sp³-hybridized carbons (Fsp3) is 0.750. The number of methoxy groups -OCH3 is 1. The third-order valence-electron chi connectivity index (χ3n) is 10.7. The third-order valence-corrected chi connectivity index (χ3v) is 10.7. The Kier molecular flexibility index (Phi) is 5.32. The van der Waals surface area contributed by atoms with Gasteiger partial charge in [-0.25, -0.2) is 4.68 Å². The van der Waals surface area contributed by atoms with Gasteiger partial charge in [-0.3, -0.25) is 4.79 Å². The SMILES string of the molecule is COc1ccc2c(c1)nnn2CC(=O)[C@H]1CC[C@H]2[C@@H]3CC[C@@H]4C[C@](C)(O)CC[C@@H]4[C@H]3CC[C@]12C. The van der Waals surface area contributed by atoms with Gasteiger partial charge >= 0.3 is 0 Å². The first-order valence-electron chi connectivity index (χ1n) is 13.4. The molecular formula is C28H39N3O3. The molecule has 0 amide bonds. The molecule has 6 rings (SSSR count). The second-order valence-corrected chi connectivity index (χ2v) is 12.4. The van der Waals surface area contributed by atoms with E-state index >= 15 is 0 Å². The summed E-state index contributed by atoms with van der Waals surface area (Å²) < 4.78 is 7.07. The number of nitrogens with zero attached hydrogens (tertiary/aromatic N) is 3. The maximum atomic E-state index is 13.7. The molecule has 1 aromatic carbocycles. The van der Waals surface area contributed by atoms with Crippen LogP contribution in [0.2, 0.25) is 0 Å². The summed E-state index contributed by atoms with van der Waals surface area (Å²) >= 11 is 0. The maximum Gasteiger partial charge on any atom is 0.157 e. The van der Waals surface area contributed by atoms with Gasteiger partial charge in [0.25, 0.3) is 0 Å². The highest BCUT2D eigenvalue weighted by Gasteiger charge is 2.58. The Morgan fingerprint density at radius 3 is 2.74 bits per heavy atom. The minimum Gasteiger partial charge on any atom is -0.497 e. The summed E-state index contributed by atoms with van der Waals surface area (Å²) in [6.45, 7) is 4.77. The number of rotatable bonds is 4. The van der Waals surface area contributed by atoms with Crippen LogP contribution in [0.15, 0.2) is 18.2 Å². The molecule has 4 saturated carbocycles. The molecule has 34 heavy (non-hydrogen) atoms. The predicted octanol–water partition coefficient (Wildman–Crippen LogP) is 5.03. The van der Waals surface area contributed by atoms with E-state index in [1.807, 2.05) is 25.1 Å². The molecule has 0 unspecified atom stereocenters. The average Bonchev–Trinajstić information content (AvgIpc) is 3.38. The van der Waals surface area contributed by atoms with Gasteiger partial charge in [0.15, 0.2) is 5.78 Å². The van der Waals surface area contributed by atoms with Gasteiger partial charge in [-0.1, -0.05) is 12.1 Å². The molecule has 0 aliphatic heterocycles. The van der Waals surface area contributed by atoms with Gasteiger partial charge < -0.3 is 9.84 Å². The number of ether oxygens (including phenoxy) is 1. The molecule has 0 saturated heterocycles. The van der Waals surface area contributed by atoms with Crippen LogP contribution in [0.4, 0.5) is 0 Å². The van der Waals surface area contributed by atoms with E-state index in [1.54, 1.807) is 11.8 Å². The Morgan fingerprint density at radius 2 is 1.91 bits per heavy atom. The number of benzene rings is 1. The smallest absolute Gasteiger partial charge is 0.157 e. The topological polar surface area (TPSA) is 77.2 Å². The van der Waals surface area contributed by atoms with Gasteiger partial charge in [0.05, 0.1) is 18.2 Å². The number of hydrogen-bond donors (Lipinski definition) is 1. The molecule has 4 fully saturated rings. The quantitative estimate of drug-likeness (QED) is 0.685. The molecular weight excluding hydrogens is 426 g/mol. The molecule has 1 heterocycles. The van der Waals surface area contributed by atoms with E-state index in [4.69, 9.17) is 4.74 Å². The lowest BCUT2D eigenvalue weighted by Gasteiger charge is -2.56. The normalized spacial score (nSPS) is 41.5. The monoisotopic (exact) mass is 465 g/mol. The van der Waals surface area contributed by atoms with Crippen LogP contribution in [0.3, 0.4) is 0 Å². The van der Waals surface area contributed by atoms with Crippen LogP contribution in [0.5, 0.6) is 5.75 Å². The van der Waals surface area contributed by atoms with Crippen molar-refractivity contribution in [1.82, 2.24) is 15.0 Å². The van der Waals surface area contributed by atoms with Crippen LogP contribution in [0.1, 0.15) is 71.6 Å². The highest BCUT2D eigenvalue weighted by molar-refractivity contribution is 5.84. The van der Waals surface area contributed by atoms with Crippen molar-refractivity contribution < 1.29 is 14.6 Å². The molecule has 0 spiro atoms. The largest absolute Gasteiger partial charge is 0.497 e. The van der Waals surface area contributed by atoms with E-state index in [1.165, 1.54) is 38.5 Å². The van der Waals surface area contributed by atoms with E-state index in [2.05, 4.69) is 17.2 Å². The van der Waals surface area contributed by atoms with E-state index in [0.717, 1.165) is 53.8 Å². The van der Waals surface area contributed by atoms with Crippen molar-refractivity contribution >= 4 is 16.8 Å². The van der Waals surface area contributed by atoms with Crippen molar-refractivity contribution in [1.29, 1.82) is 0 Å². The van der Waals surface area contributed by atoms with Crippen LogP contribution in [-0.4, -0.2) is 38.6 Å². The maximum absolute atomic E-state index is 13.7. The average molecular weight is 466 g/mol. The Hall–Kier alpha value is -1.95. The zero-order valence-electron chi connectivity index (χ0n) is 20.9. The summed E-state index contributed by atoms with van der Waals surface area (Å²) in [5, 5.41) is 19.2. The molecule has 2 aromatic rings. The standard InChI is InChI=1S/C28H39N3O3/c1-27(33)12-10-19-17(15-27)4-6-21-20(19)11-13-28(2)22(21)7-8-23(28)26(32)16-31-25-9-5-18(34-3)14-24(25)29-30-31/h5,9,14,17,19-23,33H,4,6-8,10-13,15-16H2,1-3H3/t17-,19+,20-,21-,22+,23-,27-,28+/m1/s1.